The van der Waals surface area contributed by atoms with E-state index in [1.54, 1.807) is 0 Å². The molecule has 0 bridgehead atoms. The SMILES string of the molecule is CCCCC/C=C\C/C=C\C/C=C\C/C=C\CCCC(CC(=O)NC(CO)C(O)CCCCCCCCCCCCCCCCCCC)OC(=O)CCCCCCCCCCCC. The number of hydrogen-bond donors (Lipinski definition) is 3. The van der Waals surface area contributed by atoms with E-state index in [1.807, 2.05) is 0 Å². The fourth-order valence-electron chi connectivity index (χ4n) is 8.24. The highest BCUT2D eigenvalue weighted by atomic mass is 16.5. The van der Waals surface area contributed by atoms with Crippen molar-refractivity contribution in [3.05, 3.63) is 48.6 Å². The fraction of sp³-hybridized carbons (Fsp3) is 0.825. The van der Waals surface area contributed by atoms with Crippen LogP contribution in [0.15, 0.2) is 48.6 Å². The maximum absolute atomic E-state index is 13.2. The van der Waals surface area contributed by atoms with E-state index in [9.17, 15) is 19.8 Å². The van der Waals surface area contributed by atoms with Gasteiger partial charge in [0.05, 0.1) is 25.2 Å². The first-order chi connectivity index (χ1) is 31.0. The smallest absolute Gasteiger partial charge is 0.306 e. The minimum absolute atomic E-state index is 0.0424. The molecule has 0 radical (unpaired) electrons. The zero-order valence-electron chi connectivity index (χ0n) is 42.0. The number of esters is 1. The monoisotopic (exact) mass is 884 g/mol. The third-order valence-corrected chi connectivity index (χ3v) is 12.4. The number of rotatable bonds is 49. The summed E-state index contributed by atoms with van der Waals surface area (Å²) < 4.78 is 5.90. The number of aliphatic hydroxyl groups excluding tert-OH is 2. The van der Waals surface area contributed by atoms with Crippen molar-refractivity contribution in [2.45, 2.75) is 296 Å². The van der Waals surface area contributed by atoms with Crippen LogP contribution < -0.4 is 5.32 Å². The molecule has 0 aromatic heterocycles. The number of unbranched alkanes of at least 4 members (excludes halogenated alkanes) is 29. The largest absolute Gasteiger partial charge is 0.462 e. The molecule has 1 amide bonds. The van der Waals surface area contributed by atoms with Gasteiger partial charge in [-0.15, -0.1) is 0 Å². The zero-order valence-corrected chi connectivity index (χ0v) is 42.0. The van der Waals surface area contributed by atoms with Crippen LogP contribution in [0.25, 0.3) is 0 Å². The molecular formula is C57H105NO5. The van der Waals surface area contributed by atoms with Crippen molar-refractivity contribution >= 4 is 11.9 Å². The number of amides is 1. The van der Waals surface area contributed by atoms with Gasteiger partial charge in [-0.2, -0.15) is 0 Å². The first-order valence-electron chi connectivity index (χ1n) is 27.4. The van der Waals surface area contributed by atoms with Crippen molar-refractivity contribution in [1.82, 2.24) is 5.32 Å². The summed E-state index contributed by atoms with van der Waals surface area (Å²) in [5.74, 6) is -0.521. The van der Waals surface area contributed by atoms with E-state index in [1.165, 1.54) is 161 Å². The lowest BCUT2D eigenvalue weighted by Gasteiger charge is -2.24. The second-order valence-corrected chi connectivity index (χ2v) is 18.6. The Labute approximate surface area is 391 Å². The minimum Gasteiger partial charge on any atom is -0.462 e. The second kappa shape index (κ2) is 50.8. The molecule has 368 valence electrons. The van der Waals surface area contributed by atoms with Gasteiger partial charge >= 0.3 is 5.97 Å². The average molecular weight is 884 g/mol. The number of carbonyl (C=O) groups is 2. The van der Waals surface area contributed by atoms with Gasteiger partial charge in [0.2, 0.25) is 5.91 Å². The molecule has 0 aromatic carbocycles. The molecule has 0 saturated carbocycles. The summed E-state index contributed by atoms with van der Waals surface area (Å²) >= 11 is 0. The van der Waals surface area contributed by atoms with E-state index < -0.39 is 18.2 Å². The number of carbonyl (C=O) groups excluding carboxylic acids is 2. The van der Waals surface area contributed by atoms with Gasteiger partial charge in [0.1, 0.15) is 6.10 Å². The molecule has 0 fully saturated rings. The number of ether oxygens (including phenoxy) is 1. The van der Waals surface area contributed by atoms with E-state index in [0.29, 0.717) is 19.3 Å². The Balaban J connectivity index is 4.58. The maximum atomic E-state index is 13.2. The predicted molar refractivity (Wildman–Crippen MR) is 273 cm³/mol. The second-order valence-electron chi connectivity index (χ2n) is 18.6. The number of nitrogens with one attached hydrogen (secondary N) is 1. The Morgan fingerprint density at radius 2 is 0.825 bits per heavy atom. The summed E-state index contributed by atoms with van der Waals surface area (Å²) in [5.41, 5.74) is 0. The Hall–Kier alpha value is -2.18. The van der Waals surface area contributed by atoms with Crippen molar-refractivity contribution in [3.63, 3.8) is 0 Å². The van der Waals surface area contributed by atoms with Gasteiger partial charge in [0, 0.05) is 6.42 Å². The van der Waals surface area contributed by atoms with Crippen LogP contribution in [0.3, 0.4) is 0 Å². The van der Waals surface area contributed by atoms with Crippen molar-refractivity contribution in [2.24, 2.45) is 0 Å². The Morgan fingerprint density at radius 3 is 1.25 bits per heavy atom. The lowest BCUT2D eigenvalue weighted by molar-refractivity contribution is -0.151. The van der Waals surface area contributed by atoms with Crippen LogP contribution in [-0.2, 0) is 14.3 Å². The van der Waals surface area contributed by atoms with Crippen LogP contribution in [0, 0.1) is 0 Å². The molecule has 6 heteroatoms. The number of allylic oxidation sites excluding steroid dienone is 8. The van der Waals surface area contributed by atoms with Gasteiger partial charge in [-0.3, -0.25) is 9.59 Å². The molecule has 0 heterocycles. The Morgan fingerprint density at radius 1 is 0.460 bits per heavy atom. The third kappa shape index (κ3) is 46.2. The Bertz CT molecular complexity index is 1080. The summed E-state index contributed by atoms with van der Waals surface area (Å²) in [6.07, 6.45) is 61.8. The molecule has 3 unspecified atom stereocenters. The Kier molecular flexibility index (Phi) is 49.1. The van der Waals surface area contributed by atoms with E-state index in [4.69, 9.17) is 4.74 Å². The van der Waals surface area contributed by atoms with Gasteiger partial charge < -0.3 is 20.3 Å². The van der Waals surface area contributed by atoms with E-state index in [-0.39, 0.29) is 24.9 Å². The van der Waals surface area contributed by atoms with Crippen LogP contribution >= 0.6 is 0 Å². The topological polar surface area (TPSA) is 95.9 Å². The summed E-state index contributed by atoms with van der Waals surface area (Å²) in [6, 6.07) is -0.717. The van der Waals surface area contributed by atoms with Gasteiger partial charge in [0.15, 0.2) is 0 Å². The van der Waals surface area contributed by atoms with Crippen LogP contribution in [0.5, 0.6) is 0 Å². The molecule has 63 heavy (non-hydrogen) atoms. The summed E-state index contributed by atoms with van der Waals surface area (Å²) in [6.45, 7) is 6.45. The first-order valence-corrected chi connectivity index (χ1v) is 27.4. The van der Waals surface area contributed by atoms with Crippen LogP contribution in [0.1, 0.15) is 278 Å². The molecule has 0 aliphatic heterocycles. The van der Waals surface area contributed by atoms with Gasteiger partial charge in [-0.1, -0.05) is 249 Å². The van der Waals surface area contributed by atoms with Crippen LogP contribution in [-0.4, -0.2) is 46.9 Å². The minimum atomic E-state index is -0.801. The number of hydrogen-bond acceptors (Lipinski definition) is 5. The zero-order chi connectivity index (χ0) is 45.9. The highest BCUT2D eigenvalue weighted by Gasteiger charge is 2.24. The first kappa shape index (κ1) is 60.8. The molecule has 0 saturated heterocycles. The lowest BCUT2D eigenvalue weighted by Crippen LogP contribution is -2.46. The molecular weight excluding hydrogens is 779 g/mol. The lowest BCUT2D eigenvalue weighted by atomic mass is 10.0. The van der Waals surface area contributed by atoms with Crippen LogP contribution in [0.2, 0.25) is 0 Å². The third-order valence-electron chi connectivity index (χ3n) is 12.4. The molecule has 0 rings (SSSR count). The number of aliphatic hydroxyl groups is 2. The van der Waals surface area contributed by atoms with E-state index >= 15 is 0 Å². The quantitative estimate of drug-likeness (QED) is 0.0321. The average Bonchev–Trinajstić information content (AvgIpc) is 3.28. The normalized spacial score (nSPS) is 13.5. The molecule has 0 aromatic rings. The molecule has 3 N–H and O–H groups in total. The fourth-order valence-corrected chi connectivity index (χ4v) is 8.24. The van der Waals surface area contributed by atoms with Crippen molar-refractivity contribution in [3.8, 4) is 0 Å². The molecule has 3 atom stereocenters. The maximum Gasteiger partial charge on any atom is 0.306 e. The van der Waals surface area contributed by atoms with Crippen molar-refractivity contribution in [2.75, 3.05) is 6.61 Å². The van der Waals surface area contributed by atoms with Crippen LogP contribution in [0.4, 0.5) is 0 Å². The summed E-state index contributed by atoms with van der Waals surface area (Å²) in [7, 11) is 0. The van der Waals surface area contributed by atoms with Gasteiger partial charge in [0.25, 0.3) is 0 Å². The molecule has 0 aliphatic rings. The highest BCUT2D eigenvalue weighted by Crippen LogP contribution is 2.18. The van der Waals surface area contributed by atoms with Gasteiger partial charge in [-0.05, 0) is 64.2 Å². The highest BCUT2D eigenvalue weighted by molar-refractivity contribution is 5.77. The van der Waals surface area contributed by atoms with E-state index in [0.717, 1.165) is 70.6 Å². The molecule has 0 spiro atoms. The molecule has 6 nitrogen and oxygen atoms in total. The van der Waals surface area contributed by atoms with Crippen molar-refractivity contribution in [1.29, 1.82) is 0 Å². The van der Waals surface area contributed by atoms with Crippen molar-refractivity contribution < 1.29 is 24.5 Å². The standard InChI is InChI=1S/C57H105NO5/c1-4-7-10-13-16-19-22-24-26-28-30-32-34-36-39-42-45-48-53(63-57(62)50-47-44-41-38-21-18-15-12-9-6-3)51-56(61)58-54(52-59)55(60)49-46-43-40-37-35-33-31-29-27-25-23-20-17-14-11-8-5-2/h16,19,24,26,30,32,36,39,53-55,59-60H,4-15,17-18,20-23,25,27-29,31,33-35,37-38,40-52H2,1-3H3,(H,58,61)/b19-16-,26-24-,32-30-,39-36-. The van der Waals surface area contributed by atoms with E-state index in [2.05, 4.69) is 74.7 Å². The predicted octanol–water partition coefficient (Wildman–Crippen LogP) is 16.6. The summed E-state index contributed by atoms with van der Waals surface area (Å²) in [5, 5.41) is 23.8. The van der Waals surface area contributed by atoms with Gasteiger partial charge in [-0.25, -0.2) is 0 Å². The summed E-state index contributed by atoms with van der Waals surface area (Å²) in [4.78, 5) is 26.1. The molecule has 0 aliphatic carbocycles.